The number of carbonyl (C=O) groups is 1. The van der Waals surface area contributed by atoms with Crippen molar-refractivity contribution in [2.75, 3.05) is 31.1 Å². The van der Waals surface area contributed by atoms with Crippen molar-refractivity contribution >= 4 is 32.7 Å². The maximum absolute atomic E-state index is 12.8. The molecule has 1 aromatic heterocycles. The maximum atomic E-state index is 12.8. The van der Waals surface area contributed by atoms with E-state index >= 15 is 0 Å². The van der Waals surface area contributed by atoms with Crippen molar-refractivity contribution in [2.24, 2.45) is 0 Å². The number of fused-ring (bicyclic) bond motifs is 1. The van der Waals surface area contributed by atoms with Crippen LogP contribution in [0.2, 0.25) is 0 Å². The molecule has 2 heterocycles. The van der Waals surface area contributed by atoms with E-state index in [0.717, 1.165) is 33.4 Å². The summed E-state index contributed by atoms with van der Waals surface area (Å²) in [5.74, 6) is 6.30. The Labute approximate surface area is 225 Å². The number of anilines is 1. The number of nitrogens with zero attached hydrogens (tertiary/aromatic N) is 3. The smallest absolute Gasteiger partial charge is 0.279 e. The van der Waals surface area contributed by atoms with Gasteiger partial charge in [-0.1, -0.05) is 11.8 Å². The van der Waals surface area contributed by atoms with Gasteiger partial charge in [0.05, 0.1) is 11.1 Å². The fraction of sp³-hybridized carbons (Fsp3) is 0.379. The number of nitrogens with one attached hydrogen (secondary N) is 2. The van der Waals surface area contributed by atoms with Crippen molar-refractivity contribution in [3.05, 3.63) is 70.9 Å². The van der Waals surface area contributed by atoms with E-state index in [9.17, 15) is 13.2 Å². The predicted molar refractivity (Wildman–Crippen MR) is 152 cm³/mol. The highest BCUT2D eigenvalue weighted by Gasteiger charge is 2.27. The van der Waals surface area contributed by atoms with E-state index in [0.29, 0.717) is 31.7 Å². The minimum absolute atomic E-state index is 0.0377. The molecule has 3 aromatic rings. The molecular formula is C29H35N5O3S. The highest BCUT2D eigenvalue weighted by Crippen LogP contribution is 2.21. The monoisotopic (exact) mass is 533 g/mol. The summed E-state index contributed by atoms with van der Waals surface area (Å²) < 4.78 is 29.0. The fourth-order valence-electron chi connectivity index (χ4n) is 4.42. The van der Waals surface area contributed by atoms with Crippen molar-refractivity contribution in [3.8, 4) is 11.8 Å². The minimum Gasteiger partial charge on any atom is -0.369 e. The standard InChI is InChI=1S/C29H35N5O3S/c1-20(2)30-29(35)27-18-22(5)31-28-13-10-24(19-26(27)28)7-6-23-8-11-25(12-9-23)33-14-16-34(17-15-33)38(36,37)32-21(3)4/h8-13,18-21,32H,14-17H2,1-5H3,(H,30,35). The Kier molecular flexibility index (Phi) is 8.36. The summed E-state index contributed by atoms with van der Waals surface area (Å²) in [4.78, 5) is 19.5. The van der Waals surface area contributed by atoms with Gasteiger partial charge in [-0.3, -0.25) is 9.78 Å². The topological polar surface area (TPSA) is 94.6 Å². The largest absolute Gasteiger partial charge is 0.369 e. The highest BCUT2D eigenvalue weighted by atomic mass is 32.2. The van der Waals surface area contributed by atoms with Crippen LogP contribution in [0.15, 0.2) is 48.5 Å². The van der Waals surface area contributed by atoms with Crippen molar-refractivity contribution in [3.63, 3.8) is 0 Å². The molecule has 8 nitrogen and oxygen atoms in total. The molecular weight excluding hydrogens is 498 g/mol. The molecule has 200 valence electrons. The fourth-order valence-corrected chi connectivity index (χ4v) is 5.81. The van der Waals surface area contributed by atoms with E-state index in [1.54, 1.807) is 0 Å². The van der Waals surface area contributed by atoms with Crippen molar-refractivity contribution in [1.29, 1.82) is 0 Å². The van der Waals surface area contributed by atoms with E-state index in [4.69, 9.17) is 0 Å². The predicted octanol–water partition coefficient (Wildman–Crippen LogP) is 3.45. The van der Waals surface area contributed by atoms with Gasteiger partial charge in [0.15, 0.2) is 0 Å². The Morgan fingerprint density at radius 2 is 1.53 bits per heavy atom. The van der Waals surface area contributed by atoms with Crippen molar-refractivity contribution in [2.45, 2.75) is 46.7 Å². The summed E-state index contributed by atoms with van der Waals surface area (Å²) >= 11 is 0. The summed E-state index contributed by atoms with van der Waals surface area (Å²) in [5.41, 5.74) is 4.87. The average Bonchev–Trinajstić information content (AvgIpc) is 2.86. The lowest BCUT2D eigenvalue weighted by atomic mass is 10.0. The van der Waals surface area contributed by atoms with E-state index in [1.165, 1.54) is 4.31 Å². The molecule has 1 amide bonds. The van der Waals surface area contributed by atoms with Crippen LogP contribution in [0.4, 0.5) is 5.69 Å². The lowest BCUT2D eigenvalue weighted by Gasteiger charge is -2.35. The maximum Gasteiger partial charge on any atom is 0.279 e. The van der Waals surface area contributed by atoms with Crippen LogP contribution in [0.5, 0.6) is 0 Å². The molecule has 1 fully saturated rings. The molecule has 1 aliphatic rings. The second-order valence-corrected chi connectivity index (χ2v) is 11.8. The van der Waals surface area contributed by atoms with E-state index in [-0.39, 0.29) is 18.0 Å². The van der Waals surface area contributed by atoms with Gasteiger partial charge in [0, 0.05) is 66.2 Å². The molecule has 1 aliphatic heterocycles. The van der Waals surface area contributed by atoms with Gasteiger partial charge in [-0.25, -0.2) is 0 Å². The molecule has 0 saturated carbocycles. The van der Waals surface area contributed by atoms with Crippen LogP contribution in [-0.2, 0) is 10.2 Å². The molecule has 2 aromatic carbocycles. The third kappa shape index (κ3) is 6.70. The number of aryl methyl sites for hydroxylation is 1. The molecule has 0 radical (unpaired) electrons. The van der Waals surface area contributed by atoms with Gasteiger partial charge in [0.25, 0.3) is 16.1 Å². The SMILES string of the molecule is Cc1cc(C(=O)NC(C)C)c2cc(C#Cc3ccc(N4CCN(S(=O)(=O)NC(C)C)CC4)cc3)ccc2n1. The van der Waals surface area contributed by atoms with Crippen LogP contribution in [0.3, 0.4) is 0 Å². The summed E-state index contributed by atoms with van der Waals surface area (Å²) in [6, 6.07) is 15.4. The van der Waals surface area contributed by atoms with Crippen molar-refractivity contribution in [1.82, 2.24) is 19.3 Å². The zero-order valence-corrected chi connectivity index (χ0v) is 23.4. The molecule has 0 aliphatic carbocycles. The van der Waals surface area contributed by atoms with Gasteiger partial charge in [-0.05, 0) is 83.1 Å². The van der Waals surface area contributed by atoms with Crippen LogP contribution >= 0.6 is 0 Å². The van der Waals surface area contributed by atoms with Gasteiger partial charge in [0.1, 0.15) is 0 Å². The second kappa shape index (κ2) is 11.5. The van der Waals surface area contributed by atoms with E-state index in [2.05, 4.69) is 31.8 Å². The molecule has 4 rings (SSSR count). The molecule has 0 bridgehead atoms. The van der Waals surface area contributed by atoms with Crippen LogP contribution < -0.4 is 14.9 Å². The number of aromatic nitrogens is 1. The number of rotatable bonds is 6. The summed E-state index contributed by atoms with van der Waals surface area (Å²) in [7, 11) is -3.45. The first-order valence-electron chi connectivity index (χ1n) is 12.9. The Morgan fingerprint density at radius 1 is 0.895 bits per heavy atom. The zero-order valence-electron chi connectivity index (χ0n) is 22.6. The van der Waals surface area contributed by atoms with Gasteiger partial charge in [-0.15, -0.1) is 0 Å². The van der Waals surface area contributed by atoms with Crippen LogP contribution in [0.1, 0.15) is 54.9 Å². The first kappa shape index (κ1) is 27.6. The lowest BCUT2D eigenvalue weighted by molar-refractivity contribution is 0.0944. The summed E-state index contributed by atoms with van der Waals surface area (Å²) in [5, 5.41) is 3.74. The molecule has 1 saturated heterocycles. The van der Waals surface area contributed by atoms with Crippen LogP contribution in [-0.4, -0.2) is 61.9 Å². The number of carbonyl (C=O) groups excluding carboxylic acids is 1. The number of piperazine rings is 1. The lowest BCUT2D eigenvalue weighted by Crippen LogP contribution is -2.53. The molecule has 9 heteroatoms. The second-order valence-electron chi connectivity index (χ2n) is 10.1. The summed E-state index contributed by atoms with van der Waals surface area (Å²) in [6.45, 7) is 11.5. The molecule has 38 heavy (non-hydrogen) atoms. The Morgan fingerprint density at radius 3 is 2.16 bits per heavy atom. The van der Waals surface area contributed by atoms with Crippen LogP contribution in [0.25, 0.3) is 10.9 Å². The minimum atomic E-state index is -3.45. The van der Waals surface area contributed by atoms with E-state index in [1.807, 2.05) is 83.1 Å². The number of hydrogen-bond donors (Lipinski definition) is 2. The summed E-state index contributed by atoms with van der Waals surface area (Å²) in [6.07, 6.45) is 0. The zero-order chi connectivity index (χ0) is 27.4. The Hall–Kier alpha value is -3.45. The highest BCUT2D eigenvalue weighted by molar-refractivity contribution is 7.87. The molecule has 0 atom stereocenters. The third-order valence-corrected chi connectivity index (χ3v) is 7.96. The number of amides is 1. The molecule has 0 unspecified atom stereocenters. The molecule has 0 spiro atoms. The Balaban J connectivity index is 1.47. The average molecular weight is 534 g/mol. The van der Waals surface area contributed by atoms with E-state index < -0.39 is 10.2 Å². The van der Waals surface area contributed by atoms with Crippen LogP contribution in [0, 0.1) is 18.8 Å². The molecule has 2 N–H and O–H groups in total. The normalized spacial score (nSPS) is 14.6. The van der Waals surface area contributed by atoms with Gasteiger partial charge in [0.2, 0.25) is 0 Å². The van der Waals surface area contributed by atoms with Gasteiger partial charge in [-0.2, -0.15) is 17.4 Å². The van der Waals surface area contributed by atoms with Gasteiger partial charge >= 0.3 is 0 Å². The third-order valence-electron chi connectivity index (χ3n) is 6.15. The Bertz CT molecular complexity index is 1480. The number of pyridine rings is 1. The quantitative estimate of drug-likeness (QED) is 0.474. The van der Waals surface area contributed by atoms with Gasteiger partial charge < -0.3 is 10.2 Å². The first-order valence-corrected chi connectivity index (χ1v) is 14.3. The number of hydrogen-bond acceptors (Lipinski definition) is 5. The number of benzene rings is 2. The first-order chi connectivity index (χ1) is 18.0. The van der Waals surface area contributed by atoms with Crippen molar-refractivity contribution < 1.29 is 13.2 Å².